The number of nitrogens with zero attached hydrogens (tertiary/aromatic N) is 1. The normalized spacial score (nSPS) is 11.2. The Morgan fingerprint density at radius 2 is 1.70 bits per heavy atom. The van der Waals surface area contributed by atoms with Crippen molar-refractivity contribution in [2.24, 2.45) is 0 Å². The number of hydrogen-bond donors (Lipinski definition) is 1. The molecule has 128 valence electrons. The Bertz CT molecular complexity index is 515. The van der Waals surface area contributed by atoms with Gasteiger partial charge in [0.2, 0.25) is 11.8 Å². The van der Waals surface area contributed by atoms with E-state index in [1.54, 1.807) is 0 Å². The van der Waals surface area contributed by atoms with Crippen molar-refractivity contribution in [1.29, 1.82) is 0 Å². The number of hydrogen-bond acceptors (Lipinski definition) is 2. The summed E-state index contributed by atoms with van der Waals surface area (Å²) in [6.45, 7) is 10.8. The molecule has 0 fully saturated rings. The van der Waals surface area contributed by atoms with E-state index in [0.717, 1.165) is 24.9 Å². The van der Waals surface area contributed by atoms with Gasteiger partial charge in [0.05, 0.1) is 0 Å². The van der Waals surface area contributed by atoms with Crippen LogP contribution in [-0.2, 0) is 15.0 Å². The topological polar surface area (TPSA) is 49.4 Å². The molecule has 0 saturated heterocycles. The number of anilines is 1. The first-order valence-electron chi connectivity index (χ1n) is 8.41. The van der Waals surface area contributed by atoms with E-state index >= 15 is 0 Å². The zero-order chi connectivity index (χ0) is 17.5. The largest absolute Gasteiger partial charge is 0.355 e. The van der Waals surface area contributed by atoms with Crippen molar-refractivity contribution >= 4 is 17.5 Å². The van der Waals surface area contributed by atoms with Crippen LogP contribution in [0.2, 0.25) is 0 Å². The van der Waals surface area contributed by atoms with Crippen molar-refractivity contribution in [3.8, 4) is 0 Å². The molecule has 1 N–H and O–H groups in total. The van der Waals surface area contributed by atoms with Crippen molar-refractivity contribution in [1.82, 2.24) is 5.32 Å². The molecular weight excluding hydrogens is 288 g/mol. The van der Waals surface area contributed by atoms with E-state index in [2.05, 4.69) is 33.0 Å². The molecule has 1 rings (SSSR count). The Hall–Kier alpha value is -1.84. The summed E-state index contributed by atoms with van der Waals surface area (Å²) in [5.74, 6) is -0.242. The summed E-state index contributed by atoms with van der Waals surface area (Å²) in [6, 6.07) is 7.85. The van der Waals surface area contributed by atoms with E-state index in [4.69, 9.17) is 0 Å². The lowest BCUT2D eigenvalue weighted by molar-refractivity contribution is -0.123. The number of carbonyl (C=O) groups excluding carboxylic acids is 2. The van der Waals surface area contributed by atoms with E-state index in [1.807, 2.05) is 24.3 Å². The Morgan fingerprint density at radius 1 is 1.09 bits per heavy atom. The van der Waals surface area contributed by atoms with Gasteiger partial charge in [-0.1, -0.05) is 52.7 Å². The minimum absolute atomic E-state index is 0.0657. The Balaban J connectivity index is 2.71. The first kappa shape index (κ1) is 19.2. The van der Waals surface area contributed by atoms with Gasteiger partial charge in [0.25, 0.3) is 0 Å². The molecule has 0 bridgehead atoms. The van der Waals surface area contributed by atoms with Crippen LogP contribution >= 0.6 is 0 Å². The molecule has 1 aromatic rings. The highest BCUT2D eigenvalue weighted by molar-refractivity contribution is 5.97. The zero-order valence-corrected chi connectivity index (χ0v) is 15.1. The predicted octanol–water partition coefficient (Wildman–Crippen LogP) is 3.64. The second-order valence-electron chi connectivity index (χ2n) is 6.96. The highest BCUT2D eigenvalue weighted by Gasteiger charge is 2.17. The lowest BCUT2D eigenvalue weighted by atomic mass is 9.87. The SMILES string of the molecule is CCCCCNC(=O)CN(C(C)=O)c1ccc(C(C)(C)C)cc1. The molecule has 4 heteroatoms. The van der Waals surface area contributed by atoms with Gasteiger partial charge >= 0.3 is 0 Å². The first-order chi connectivity index (χ1) is 10.8. The molecule has 0 saturated carbocycles. The fraction of sp³-hybridized carbons (Fsp3) is 0.579. The van der Waals surface area contributed by atoms with Gasteiger partial charge in [0.1, 0.15) is 6.54 Å². The minimum Gasteiger partial charge on any atom is -0.355 e. The summed E-state index contributed by atoms with van der Waals surface area (Å²) >= 11 is 0. The number of rotatable bonds is 7. The van der Waals surface area contributed by atoms with Crippen LogP contribution in [0.3, 0.4) is 0 Å². The van der Waals surface area contributed by atoms with Gasteiger partial charge in [0.15, 0.2) is 0 Å². The van der Waals surface area contributed by atoms with E-state index in [9.17, 15) is 9.59 Å². The summed E-state index contributed by atoms with van der Waals surface area (Å²) in [4.78, 5) is 25.4. The van der Waals surface area contributed by atoms with Gasteiger partial charge < -0.3 is 10.2 Å². The van der Waals surface area contributed by atoms with Crippen LogP contribution in [0, 0.1) is 0 Å². The summed E-state index contributed by atoms with van der Waals surface area (Å²) in [6.07, 6.45) is 3.20. The van der Waals surface area contributed by atoms with Crippen LogP contribution in [0.15, 0.2) is 24.3 Å². The molecule has 2 amide bonds. The molecule has 0 aromatic heterocycles. The van der Waals surface area contributed by atoms with E-state index in [0.29, 0.717) is 6.54 Å². The summed E-state index contributed by atoms with van der Waals surface area (Å²) < 4.78 is 0. The molecule has 0 heterocycles. The molecule has 0 spiro atoms. The third-order valence-electron chi connectivity index (χ3n) is 3.83. The van der Waals surface area contributed by atoms with Crippen molar-refractivity contribution in [2.45, 2.75) is 59.3 Å². The highest BCUT2D eigenvalue weighted by Crippen LogP contribution is 2.25. The van der Waals surface area contributed by atoms with Gasteiger partial charge in [-0.25, -0.2) is 0 Å². The number of amides is 2. The smallest absolute Gasteiger partial charge is 0.240 e. The molecular formula is C19H30N2O2. The minimum atomic E-state index is -0.128. The summed E-state index contributed by atoms with van der Waals surface area (Å²) in [5, 5.41) is 2.88. The predicted molar refractivity (Wildman–Crippen MR) is 95.7 cm³/mol. The van der Waals surface area contributed by atoms with Crippen LogP contribution in [0.1, 0.15) is 59.4 Å². The van der Waals surface area contributed by atoms with Crippen molar-refractivity contribution < 1.29 is 9.59 Å². The summed E-state index contributed by atoms with van der Waals surface area (Å²) in [5.41, 5.74) is 2.03. The van der Waals surface area contributed by atoms with Crippen molar-refractivity contribution in [3.05, 3.63) is 29.8 Å². The van der Waals surface area contributed by atoms with Gasteiger partial charge in [-0.15, -0.1) is 0 Å². The highest BCUT2D eigenvalue weighted by atomic mass is 16.2. The molecule has 23 heavy (non-hydrogen) atoms. The van der Waals surface area contributed by atoms with Gasteiger partial charge in [-0.05, 0) is 29.5 Å². The third-order valence-corrected chi connectivity index (χ3v) is 3.83. The Kier molecular flexibility index (Phi) is 7.27. The number of unbranched alkanes of at least 4 members (excludes halogenated alkanes) is 2. The average Bonchev–Trinajstić information content (AvgIpc) is 2.48. The third kappa shape index (κ3) is 6.43. The molecule has 0 unspecified atom stereocenters. The van der Waals surface area contributed by atoms with E-state index in [1.165, 1.54) is 17.4 Å². The maximum atomic E-state index is 12.0. The molecule has 1 aromatic carbocycles. The van der Waals surface area contributed by atoms with Crippen molar-refractivity contribution in [3.63, 3.8) is 0 Å². The Morgan fingerprint density at radius 3 is 2.17 bits per heavy atom. The molecule has 0 radical (unpaired) electrons. The molecule has 0 aliphatic heterocycles. The first-order valence-corrected chi connectivity index (χ1v) is 8.41. The van der Waals surface area contributed by atoms with Crippen molar-refractivity contribution in [2.75, 3.05) is 18.0 Å². The molecule has 0 atom stereocenters. The molecule has 4 nitrogen and oxygen atoms in total. The molecule has 0 aliphatic carbocycles. The number of nitrogens with one attached hydrogen (secondary N) is 1. The second-order valence-corrected chi connectivity index (χ2v) is 6.96. The zero-order valence-electron chi connectivity index (χ0n) is 15.1. The quantitative estimate of drug-likeness (QED) is 0.780. The van der Waals surface area contributed by atoms with Gasteiger partial charge in [-0.2, -0.15) is 0 Å². The standard InChI is InChI=1S/C19H30N2O2/c1-6-7-8-13-20-18(23)14-21(15(2)22)17-11-9-16(10-12-17)19(3,4)5/h9-12H,6-8,13-14H2,1-5H3,(H,20,23). The van der Waals surface area contributed by atoms with E-state index in [-0.39, 0.29) is 23.8 Å². The van der Waals surface area contributed by atoms with Crippen LogP contribution < -0.4 is 10.2 Å². The lowest BCUT2D eigenvalue weighted by Gasteiger charge is -2.23. The van der Waals surface area contributed by atoms with Crippen LogP contribution in [-0.4, -0.2) is 24.9 Å². The monoisotopic (exact) mass is 318 g/mol. The Labute approximate surface area is 140 Å². The number of carbonyl (C=O) groups is 2. The maximum Gasteiger partial charge on any atom is 0.240 e. The summed E-state index contributed by atoms with van der Waals surface area (Å²) in [7, 11) is 0. The maximum absolute atomic E-state index is 12.0. The molecule has 0 aliphatic rings. The second kappa shape index (κ2) is 8.70. The fourth-order valence-corrected chi connectivity index (χ4v) is 2.33. The lowest BCUT2D eigenvalue weighted by Crippen LogP contribution is -2.40. The fourth-order valence-electron chi connectivity index (χ4n) is 2.33. The number of benzene rings is 1. The van der Waals surface area contributed by atoms with Crippen LogP contribution in [0.4, 0.5) is 5.69 Å². The average molecular weight is 318 g/mol. The van der Waals surface area contributed by atoms with Gasteiger partial charge in [0, 0.05) is 19.2 Å². The van der Waals surface area contributed by atoms with Crippen LogP contribution in [0.25, 0.3) is 0 Å². The van der Waals surface area contributed by atoms with Crippen LogP contribution in [0.5, 0.6) is 0 Å². The van der Waals surface area contributed by atoms with E-state index < -0.39 is 0 Å². The van der Waals surface area contributed by atoms with Gasteiger partial charge in [-0.3, -0.25) is 9.59 Å².